The molecule has 0 aromatic heterocycles. The maximum absolute atomic E-state index is 11.1. The van der Waals surface area contributed by atoms with Gasteiger partial charge in [-0.25, -0.2) is 0 Å². The quantitative estimate of drug-likeness (QED) is 0.828. The first-order valence-corrected chi connectivity index (χ1v) is 6.07. The van der Waals surface area contributed by atoms with Gasteiger partial charge in [0.15, 0.2) is 0 Å². The largest absolute Gasteiger partial charge is 0.387 e. The fraction of sp³-hybridized carbons (Fsp3) is 0.500. The van der Waals surface area contributed by atoms with E-state index in [-0.39, 0.29) is 18.0 Å². The van der Waals surface area contributed by atoms with Crippen LogP contribution in [0.15, 0.2) is 30.3 Å². The van der Waals surface area contributed by atoms with Gasteiger partial charge in [-0.15, -0.1) is 0 Å². The summed E-state index contributed by atoms with van der Waals surface area (Å²) >= 11 is 0. The maximum Gasteiger partial charge on any atom is 0.231 e. The number of carbonyl (C=O) groups is 1. The van der Waals surface area contributed by atoms with E-state index in [1.165, 1.54) is 0 Å². The van der Waals surface area contributed by atoms with E-state index >= 15 is 0 Å². The van der Waals surface area contributed by atoms with Crippen molar-refractivity contribution in [3.8, 4) is 0 Å². The van der Waals surface area contributed by atoms with E-state index in [4.69, 9.17) is 5.73 Å². The highest BCUT2D eigenvalue weighted by molar-refractivity contribution is 5.76. The number of primary amides is 1. The van der Waals surface area contributed by atoms with E-state index < -0.39 is 6.10 Å². The summed E-state index contributed by atoms with van der Waals surface area (Å²) in [7, 11) is 0. The lowest BCUT2D eigenvalue weighted by Crippen LogP contribution is -2.47. The van der Waals surface area contributed by atoms with Crippen LogP contribution < -0.4 is 5.73 Å². The molecule has 0 bridgehead atoms. The zero-order valence-corrected chi connectivity index (χ0v) is 11.3. The highest BCUT2D eigenvalue weighted by Gasteiger charge is 2.25. The van der Waals surface area contributed by atoms with Crippen LogP contribution in [0.2, 0.25) is 0 Å². The van der Waals surface area contributed by atoms with Gasteiger partial charge < -0.3 is 10.8 Å². The maximum atomic E-state index is 11.1. The van der Waals surface area contributed by atoms with Gasteiger partial charge in [0, 0.05) is 12.1 Å². The molecule has 3 N–H and O–H groups in total. The van der Waals surface area contributed by atoms with Crippen molar-refractivity contribution in [2.24, 2.45) is 5.73 Å². The lowest BCUT2D eigenvalue weighted by atomic mass is 10.0. The number of aliphatic hydroxyl groups excluding tert-OH is 1. The van der Waals surface area contributed by atoms with Gasteiger partial charge in [0.1, 0.15) is 0 Å². The molecule has 18 heavy (non-hydrogen) atoms. The molecule has 1 rings (SSSR count). The second kappa shape index (κ2) is 5.98. The Morgan fingerprint density at radius 3 is 2.33 bits per heavy atom. The molecular formula is C14H22N2O2. The number of carbonyl (C=O) groups excluding carboxylic acids is 1. The number of hydrogen-bond donors (Lipinski definition) is 2. The molecule has 0 saturated carbocycles. The van der Waals surface area contributed by atoms with E-state index in [2.05, 4.69) is 0 Å². The van der Waals surface area contributed by atoms with Crippen LogP contribution in [0.25, 0.3) is 0 Å². The van der Waals surface area contributed by atoms with Crippen molar-refractivity contribution in [1.82, 2.24) is 4.90 Å². The van der Waals surface area contributed by atoms with E-state index in [0.29, 0.717) is 6.54 Å². The van der Waals surface area contributed by atoms with Crippen LogP contribution in [0.4, 0.5) is 0 Å². The summed E-state index contributed by atoms with van der Waals surface area (Å²) in [5.74, 6) is -0.384. The zero-order valence-electron chi connectivity index (χ0n) is 11.3. The van der Waals surface area contributed by atoms with Gasteiger partial charge in [-0.2, -0.15) is 0 Å². The second-order valence-corrected chi connectivity index (χ2v) is 5.44. The smallest absolute Gasteiger partial charge is 0.231 e. The highest BCUT2D eigenvalue weighted by Crippen LogP contribution is 2.19. The molecule has 0 saturated heterocycles. The van der Waals surface area contributed by atoms with Crippen LogP contribution in [0.1, 0.15) is 32.4 Å². The van der Waals surface area contributed by atoms with Gasteiger partial charge >= 0.3 is 0 Å². The molecule has 4 nitrogen and oxygen atoms in total. The average Bonchev–Trinajstić information content (AvgIpc) is 2.27. The molecule has 0 spiro atoms. The fourth-order valence-corrected chi connectivity index (χ4v) is 1.75. The van der Waals surface area contributed by atoms with Gasteiger partial charge in [-0.1, -0.05) is 30.3 Å². The van der Waals surface area contributed by atoms with Crippen molar-refractivity contribution in [3.63, 3.8) is 0 Å². The molecule has 0 fully saturated rings. The monoisotopic (exact) mass is 250 g/mol. The van der Waals surface area contributed by atoms with Gasteiger partial charge in [0.2, 0.25) is 5.91 Å². The number of hydrogen-bond acceptors (Lipinski definition) is 3. The summed E-state index contributed by atoms with van der Waals surface area (Å²) in [5.41, 5.74) is 5.87. The summed E-state index contributed by atoms with van der Waals surface area (Å²) in [6, 6.07) is 9.41. The molecule has 0 radical (unpaired) electrons. The Morgan fingerprint density at radius 1 is 1.33 bits per heavy atom. The Bertz CT molecular complexity index is 385. The van der Waals surface area contributed by atoms with Crippen molar-refractivity contribution >= 4 is 5.91 Å². The number of nitrogens with two attached hydrogens (primary N) is 1. The Balaban J connectivity index is 2.75. The normalized spacial score (nSPS) is 13.6. The predicted molar refractivity (Wildman–Crippen MR) is 71.9 cm³/mol. The van der Waals surface area contributed by atoms with E-state index in [0.717, 1.165) is 5.56 Å². The van der Waals surface area contributed by atoms with Gasteiger partial charge in [0.25, 0.3) is 0 Å². The van der Waals surface area contributed by atoms with Gasteiger partial charge in [-0.3, -0.25) is 9.69 Å². The molecular weight excluding hydrogens is 228 g/mol. The third kappa shape index (κ3) is 4.47. The second-order valence-electron chi connectivity index (χ2n) is 5.44. The average molecular weight is 250 g/mol. The molecule has 100 valence electrons. The van der Waals surface area contributed by atoms with E-state index in [1.807, 2.05) is 56.0 Å². The minimum absolute atomic E-state index is 0.146. The molecule has 4 heteroatoms. The first-order chi connectivity index (χ1) is 8.30. The van der Waals surface area contributed by atoms with Crippen molar-refractivity contribution in [2.45, 2.75) is 32.4 Å². The number of aliphatic hydroxyl groups is 1. The van der Waals surface area contributed by atoms with Crippen molar-refractivity contribution < 1.29 is 9.90 Å². The molecule has 1 aromatic rings. The molecule has 0 aliphatic carbocycles. The Labute approximate surface area is 108 Å². The number of amides is 1. The zero-order chi connectivity index (χ0) is 13.8. The molecule has 0 heterocycles. The van der Waals surface area contributed by atoms with Crippen LogP contribution in [-0.4, -0.2) is 34.5 Å². The van der Waals surface area contributed by atoms with Crippen LogP contribution in [0.3, 0.4) is 0 Å². The number of rotatable bonds is 5. The Morgan fingerprint density at radius 2 is 1.89 bits per heavy atom. The molecule has 0 aliphatic rings. The van der Waals surface area contributed by atoms with E-state index in [1.54, 1.807) is 0 Å². The predicted octanol–water partition coefficient (Wildman–Crippen LogP) is 1.31. The number of nitrogens with zero attached hydrogens (tertiary/aromatic N) is 1. The summed E-state index contributed by atoms with van der Waals surface area (Å²) in [6.45, 7) is 6.51. The summed E-state index contributed by atoms with van der Waals surface area (Å²) in [6.07, 6.45) is -0.621. The highest BCUT2D eigenvalue weighted by atomic mass is 16.3. The topological polar surface area (TPSA) is 66.6 Å². The van der Waals surface area contributed by atoms with Crippen LogP contribution in [0, 0.1) is 0 Å². The first kappa shape index (κ1) is 14.7. The molecule has 1 aromatic carbocycles. The van der Waals surface area contributed by atoms with Crippen molar-refractivity contribution in [3.05, 3.63) is 35.9 Å². The minimum atomic E-state index is -0.621. The van der Waals surface area contributed by atoms with Gasteiger partial charge in [0.05, 0.1) is 12.6 Å². The SMILES string of the molecule is CC(C)(C)N(CC(N)=O)CC(O)c1ccccc1. The molecule has 0 aliphatic heterocycles. The van der Waals surface area contributed by atoms with Crippen LogP contribution >= 0.6 is 0 Å². The molecule has 1 amide bonds. The summed E-state index contributed by atoms with van der Waals surface area (Å²) in [4.78, 5) is 13.0. The standard InChI is InChI=1S/C14H22N2O2/c1-14(2,3)16(10-13(15)18)9-12(17)11-7-5-4-6-8-11/h4-8,12,17H,9-10H2,1-3H3,(H2,15,18). The summed E-state index contributed by atoms with van der Waals surface area (Å²) in [5, 5.41) is 10.2. The van der Waals surface area contributed by atoms with Crippen molar-refractivity contribution in [2.75, 3.05) is 13.1 Å². The van der Waals surface area contributed by atoms with Crippen molar-refractivity contribution in [1.29, 1.82) is 0 Å². The lowest BCUT2D eigenvalue weighted by molar-refractivity contribution is -0.120. The molecule has 1 unspecified atom stereocenters. The van der Waals surface area contributed by atoms with E-state index in [9.17, 15) is 9.90 Å². The minimum Gasteiger partial charge on any atom is -0.387 e. The third-order valence-corrected chi connectivity index (χ3v) is 2.87. The Hall–Kier alpha value is -1.39. The Kier molecular flexibility index (Phi) is 4.87. The molecule has 1 atom stereocenters. The number of benzene rings is 1. The lowest BCUT2D eigenvalue weighted by Gasteiger charge is -2.36. The first-order valence-electron chi connectivity index (χ1n) is 6.07. The van der Waals surface area contributed by atoms with Crippen LogP contribution in [-0.2, 0) is 4.79 Å². The summed E-state index contributed by atoms with van der Waals surface area (Å²) < 4.78 is 0. The number of β-amino-alcohol motifs (C(OH)–C–C–N with tert-alkyl or cyclic N) is 1. The fourth-order valence-electron chi connectivity index (χ4n) is 1.75. The van der Waals surface area contributed by atoms with Gasteiger partial charge in [-0.05, 0) is 26.3 Å². The third-order valence-electron chi connectivity index (χ3n) is 2.87. The van der Waals surface area contributed by atoms with Crippen LogP contribution in [0.5, 0.6) is 0 Å².